The monoisotopic (exact) mass is 667 g/mol. The van der Waals surface area contributed by atoms with Gasteiger partial charge in [0, 0.05) is 31.0 Å². The van der Waals surface area contributed by atoms with Gasteiger partial charge in [-0.3, -0.25) is 28.5 Å². The quantitative estimate of drug-likeness (QED) is 0.166. The van der Waals surface area contributed by atoms with Crippen LogP contribution in [0.25, 0.3) is 28.0 Å². The highest BCUT2D eigenvalue weighted by Crippen LogP contribution is 2.39. The summed E-state index contributed by atoms with van der Waals surface area (Å²) in [6.07, 6.45) is 1.00. The molecule has 0 saturated carbocycles. The standard InChI is InChI=1S/C39H37N7O4/c1-3-22-43(2)35(47)24-45-32-19-11-10-18-29(32)31(42-45)23-30-38-41-40-37(28-16-8-5-9-17-28)46(38)34-21-13-12-20-33(34)44(39(30)49)25-36(48)50-26-27-14-6-4-7-15-27/h4-21,30H,3,22-26H2,1-2H3. The van der Waals surface area contributed by atoms with Gasteiger partial charge in [-0.25, -0.2) is 0 Å². The highest BCUT2D eigenvalue weighted by atomic mass is 16.5. The Bertz CT molecular complexity index is 2160. The summed E-state index contributed by atoms with van der Waals surface area (Å²) in [6, 6.07) is 34.2. The molecule has 0 fully saturated rings. The number of benzene rings is 4. The lowest BCUT2D eigenvalue weighted by Crippen LogP contribution is -2.40. The Balaban J connectivity index is 1.31. The predicted octanol–water partition coefficient (Wildman–Crippen LogP) is 5.57. The number of carbonyl (C=O) groups excluding carboxylic acids is 3. The van der Waals surface area contributed by atoms with Crippen LogP contribution in [-0.2, 0) is 38.7 Å². The molecule has 0 spiro atoms. The van der Waals surface area contributed by atoms with Crippen molar-refractivity contribution in [3.05, 3.63) is 126 Å². The average Bonchev–Trinajstić information content (AvgIpc) is 3.72. The van der Waals surface area contributed by atoms with Crippen LogP contribution in [0.2, 0.25) is 0 Å². The van der Waals surface area contributed by atoms with Gasteiger partial charge in [0.15, 0.2) is 11.6 Å². The van der Waals surface area contributed by atoms with Gasteiger partial charge in [0.25, 0.3) is 0 Å². The lowest BCUT2D eigenvalue weighted by atomic mass is 9.98. The highest BCUT2D eigenvalue weighted by molar-refractivity contribution is 6.04. The molecule has 3 heterocycles. The second-order valence-electron chi connectivity index (χ2n) is 12.3. The first-order chi connectivity index (χ1) is 24.4. The van der Waals surface area contributed by atoms with Crippen LogP contribution in [0.15, 0.2) is 109 Å². The molecular weight excluding hydrogens is 630 g/mol. The molecule has 1 aliphatic rings. The van der Waals surface area contributed by atoms with Gasteiger partial charge in [-0.05, 0) is 30.2 Å². The maximum absolute atomic E-state index is 14.9. The summed E-state index contributed by atoms with van der Waals surface area (Å²) in [5.74, 6) is -0.809. The Morgan fingerprint density at radius 3 is 2.26 bits per heavy atom. The number of amides is 2. The number of para-hydroxylation sites is 3. The van der Waals surface area contributed by atoms with Crippen molar-refractivity contribution in [1.82, 2.24) is 29.4 Å². The second kappa shape index (κ2) is 14.2. The number of carbonyl (C=O) groups is 3. The maximum Gasteiger partial charge on any atom is 0.326 e. The Morgan fingerprint density at radius 2 is 1.50 bits per heavy atom. The molecule has 1 unspecified atom stereocenters. The smallest absolute Gasteiger partial charge is 0.326 e. The van der Waals surface area contributed by atoms with Gasteiger partial charge < -0.3 is 9.64 Å². The van der Waals surface area contributed by atoms with Crippen LogP contribution >= 0.6 is 0 Å². The number of nitrogens with zero attached hydrogens (tertiary/aromatic N) is 7. The number of hydrogen-bond acceptors (Lipinski definition) is 7. The molecule has 0 radical (unpaired) electrons. The largest absolute Gasteiger partial charge is 0.459 e. The number of rotatable bonds is 11. The molecule has 2 amide bonds. The van der Waals surface area contributed by atoms with Gasteiger partial charge in [0.2, 0.25) is 11.8 Å². The Morgan fingerprint density at radius 1 is 0.820 bits per heavy atom. The Hall–Kier alpha value is -6.10. The van der Waals surface area contributed by atoms with Crippen molar-refractivity contribution >= 4 is 34.4 Å². The minimum atomic E-state index is -0.875. The minimum Gasteiger partial charge on any atom is -0.459 e. The van der Waals surface area contributed by atoms with E-state index in [0.29, 0.717) is 35.3 Å². The van der Waals surface area contributed by atoms with E-state index in [0.717, 1.165) is 28.5 Å². The summed E-state index contributed by atoms with van der Waals surface area (Å²) in [6.45, 7) is 2.53. The number of likely N-dealkylation sites (N-methyl/N-ethyl adjacent to an activating group) is 1. The molecule has 2 aromatic heterocycles. The zero-order valence-corrected chi connectivity index (χ0v) is 28.0. The van der Waals surface area contributed by atoms with Gasteiger partial charge in [0.1, 0.15) is 25.6 Å². The van der Waals surface area contributed by atoms with E-state index in [-0.39, 0.29) is 37.9 Å². The normalized spacial score (nSPS) is 13.8. The minimum absolute atomic E-state index is 0.0555. The molecule has 0 saturated heterocycles. The molecule has 6 aromatic rings. The van der Waals surface area contributed by atoms with E-state index in [1.165, 1.54) is 4.90 Å². The van der Waals surface area contributed by atoms with Crippen molar-refractivity contribution in [2.75, 3.05) is 25.0 Å². The van der Waals surface area contributed by atoms with Crippen molar-refractivity contribution in [2.45, 2.75) is 38.8 Å². The van der Waals surface area contributed by atoms with E-state index in [1.807, 2.05) is 121 Å². The van der Waals surface area contributed by atoms with Crippen LogP contribution in [0.4, 0.5) is 5.69 Å². The molecule has 11 heteroatoms. The Labute approximate surface area is 289 Å². The summed E-state index contributed by atoms with van der Waals surface area (Å²) in [5.41, 5.74) is 4.30. The number of ether oxygens (including phenoxy) is 1. The summed E-state index contributed by atoms with van der Waals surface area (Å²) < 4.78 is 9.27. The van der Waals surface area contributed by atoms with Crippen LogP contribution in [-0.4, -0.2) is 67.4 Å². The zero-order chi connectivity index (χ0) is 34.6. The number of aromatic nitrogens is 5. The molecule has 0 bridgehead atoms. The third kappa shape index (κ3) is 6.37. The second-order valence-corrected chi connectivity index (χ2v) is 12.3. The lowest BCUT2D eigenvalue weighted by Gasteiger charge is -2.24. The third-order valence-electron chi connectivity index (χ3n) is 8.94. The summed E-state index contributed by atoms with van der Waals surface area (Å²) in [7, 11) is 1.79. The molecule has 0 N–H and O–H groups in total. The van der Waals surface area contributed by atoms with Gasteiger partial charge >= 0.3 is 5.97 Å². The van der Waals surface area contributed by atoms with E-state index >= 15 is 0 Å². The lowest BCUT2D eigenvalue weighted by molar-refractivity contribution is -0.144. The summed E-state index contributed by atoms with van der Waals surface area (Å²) >= 11 is 0. The molecule has 1 aliphatic heterocycles. The molecule has 7 rings (SSSR count). The Kier molecular flexibility index (Phi) is 9.20. The van der Waals surface area contributed by atoms with Gasteiger partial charge in [0.05, 0.1) is 22.6 Å². The van der Waals surface area contributed by atoms with Crippen molar-refractivity contribution < 1.29 is 19.1 Å². The molecule has 0 aliphatic carbocycles. The van der Waals surface area contributed by atoms with Crippen LogP contribution in [0, 0.1) is 0 Å². The fourth-order valence-electron chi connectivity index (χ4n) is 6.46. The first-order valence-corrected chi connectivity index (χ1v) is 16.7. The van der Waals surface area contributed by atoms with Crippen LogP contribution < -0.4 is 4.90 Å². The van der Waals surface area contributed by atoms with E-state index in [1.54, 1.807) is 16.6 Å². The van der Waals surface area contributed by atoms with Crippen molar-refractivity contribution in [3.63, 3.8) is 0 Å². The van der Waals surface area contributed by atoms with Crippen LogP contribution in [0.5, 0.6) is 0 Å². The topological polar surface area (TPSA) is 115 Å². The predicted molar refractivity (Wildman–Crippen MR) is 189 cm³/mol. The molecule has 252 valence electrons. The fourth-order valence-corrected chi connectivity index (χ4v) is 6.46. The van der Waals surface area contributed by atoms with Crippen LogP contribution in [0.3, 0.4) is 0 Å². The van der Waals surface area contributed by atoms with E-state index in [2.05, 4.69) is 10.2 Å². The molecular formula is C39H37N7O4. The maximum atomic E-state index is 14.9. The SMILES string of the molecule is CCCN(C)C(=O)Cn1nc(CC2C(=O)N(CC(=O)OCc3ccccc3)c3ccccc3-n3c(-c4ccccc4)nnc32)c2ccccc21. The zero-order valence-electron chi connectivity index (χ0n) is 28.0. The van der Waals surface area contributed by atoms with Crippen LogP contribution in [0.1, 0.15) is 36.3 Å². The number of anilines is 1. The fraction of sp³-hybridized carbons (Fsp3) is 0.231. The van der Waals surface area contributed by atoms with Crippen molar-refractivity contribution in [1.29, 1.82) is 0 Å². The highest BCUT2D eigenvalue weighted by Gasteiger charge is 2.39. The number of fused-ring (bicyclic) bond motifs is 4. The molecule has 11 nitrogen and oxygen atoms in total. The average molecular weight is 668 g/mol. The third-order valence-corrected chi connectivity index (χ3v) is 8.94. The molecule has 50 heavy (non-hydrogen) atoms. The van der Waals surface area contributed by atoms with Gasteiger partial charge in [-0.1, -0.05) is 97.9 Å². The number of hydrogen-bond donors (Lipinski definition) is 0. The van der Waals surface area contributed by atoms with Crippen molar-refractivity contribution in [2.24, 2.45) is 0 Å². The van der Waals surface area contributed by atoms with E-state index in [9.17, 15) is 14.4 Å². The molecule has 4 aromatic carbocycles. The van der Waals surface area contributed by atoms with E-state index < -0.39 is 11.9 Å². The van der Waals surface area contributed by atoms with Gasteiger partial charge in [-0.15, -0.1) is 10.2 Å². The first-order valence-electron chi connectivity index (χ1n) is 16.7. The molecule has 1 atom stereocenters. The van der Waals surface area contributed by atoms with Crippen molar-refractivity contribution in [3.8, 4) is 17.1 Å². The first kappa shape index (κ1) is 32.4. The summed E-state index contributed by atoms with van der Waals surface area (Å²) in [5, 5.41) is 15.0. The van der Waals surface area contributed by atoms with Gasteiger partial charge in [-0.2, -0.15) is 5.10 Å². The number of esters is 1. The summed E-state index contributed by atoms with van der Waals surface area (Å²) in [4.78, 5) is 44.5. The van der Waals surface area contributed by atoms with E-state index in [4.69, 9.17) is 9.84 Å².